The van der Waals surface area contributed by atoms with Crippen LogP contribution in [0.1, 0.15) is 33.3 Å². The van der Waals surface area contributed by atoms with Gasteiger partial charge in [-0.1, -0.05) is 12.1 Å². The molecule has 0 radical (unpaired) electrons. The lowest BCUT2D eigenvalue weighted by Crippen LogP contribution is -2.47. The van der Waals surface area contributed by atoms with Gasteiger partial charge in [0.2, 0.25) is 0 Å². The highest BCUT2D eigenvalue weighted by molar-refractivity contribution is 7.10. The van der Waals surface area contributed by atoms with E-state index in [-0.39, 0.29) is 5.91 Å². The molecule has 2 aromatic rings. The Hall–Kier alpha value is -2.38. The summed E-state index contributed by atoms with van der Waals surface area (Å²) in [7, 11) is 5.31. The number of guanidine groups is 1. The Morgan fingerprint density at radius 3 is 2.69 bits per heavy atom. The summed E-state index contributed by atoms with van der Waals surface area (Å²) in [4.78, 5) is 22.0. The van der Waals surface area contributed by atoms with E-state index in [1.165, 1.54) is 10.4 Å². The average Bonchev–Trinajstić information content (AvgIpc) is 3.21. The molecule has 29 heavy (non-hydrogen) atoms. The Balaban J connectivity index is 1.45. The molecule has 1 aliphatic heterocycles. The van der Waals surface area contributed by atoms with Crippen LogP contribution in [0.2, 0.25) is 0 Å². The van der Waals surface area contributed by atoms with Crippen LogP contribution in [0.4, 0.5) is 0 Å². The van der Waals surface area contributed by atoms with Crippen molar-refractivity contribution in [1.82, 2.24) is 20.4 Å². The third-order valence-corrected chi connectivity index (χ3v) is 6.34. The Bertz CT molecular complexity index is 843. The van der Waals surface area contributed by atoms with Crippen LogP contribution in [-0.4, -0.2) is 61.9 Å². The molecule has 0 saturated heterocycles. The van der Waals surface area contributed by atoms with Gasteiger partial charge >= 0.3 is 0 Å². The van der Waals surface area contributed by atoms with Crippen LogP contribution in [0.25, 0.3) is 0 Å². The van der Waals surface area contributed by atoms with Crippen LogP contribution in [0.15, 0.2) is 40.7 Å². The van der Waals surface area contributed by atoms with Gasteiger partial charge in [0.25, 0.3) is 5.91 Å². The molecule has 0 spiro atoms. The van der Waals surface area contributed by atoms with E-state index in [9.17, 15) is 4.79 Å². The van der Waals surface area contributed by atoms with Crippen molar-refractivity contribution in [2.75, 3.05) is 34.2 Å². The van der Waals surface area contributed by atoms with Gasteiger partial charge in [0.15, 0.2) is 5.96 Å². The number of rotatable bonds is 6. The number of thiophene rings is 1. The topological polar surface area (TPSA) is 60.0 Å². The fourth-order valence-electron chi connectivity index (χ4n) is 3.45. The van der Waals surface area contributed by atoms with Crippen molar-refractivity contribution in [3.05, 3.63) is 57.3 Å². The van der Waals surface area contributed by atoms with Crippen molar-refractivity contribution in [2.24, 2.45) is 4.99 Å². The summed E-state index contributed by atoms with van der Waals surface area (Å²) in [5, 5.41) is 8.99. The lowest BCUT2D eigenvalue weighted by Gasteiger charge is -2.32. The zero-order valence-electron chi connectivity index (χ0n) is 17.7. The SMILES string of the molecule is CN=C(NCc1ccc(C(=O)N(C)C)cc1)NCC(C)N1CCc2sccc2C1. The van der Waals surface area contributed by atoms with Crippen LogP contribution >= 0.6 is 11.3 Å². The molecule has 2 heterocycles. The van der Waals surface area contributed by atoms with Gasteiger partial charge in [-0.25, -0.2) is 0 Å². The van der Waals surface area contributed by atoms with E-state index in [4.69, 9.17) is 0 Å². The molecule has 1 atom stereocenters. The second-order valence-corrected chi connectivity index (χ2v) is 8.64. The quantitative estimate of drug-likeness (QED) is 0.564. The molecule has 0 saturated carbocycles. The number of fused-ring (bicyclic) bond motifs is 1. The molecular weight excluding hydrogens is 382 g/mol. The fraction of sp³-hybridized carbons (Fsp3) is 0.455. The van der Waals surface area contributed by atoms with Gasteiger partial charge in [0, 0.05) is 63.8 Å². The van der Waals surface area contributed by atoms with E-state index in [0.29, 0.717) is 18.2 Å². The average molecular weight is 414 g/mol. The predicted octanol–water partition coefficient (Wildman–Crippen LogP) is 2.56. The number of hydrogen-bond donors (Lipinski definition) is 2. The first-order valence-electron chi connectivity index (χ1n) is 10.0. The summed E-state index contributed by atoms with van der Waals surface area (Å²) < 4.78 is 0. The lowest BCUT2D eigenvalue weighted by atomic mass is 10.1. The molecule has 1 aromatic carbocycles. The highest BCUT2D eigenvalue weighted by Crippen LogP contribution is 2.24. The Kier molecular flexibility index (Phi) is 7.28. The van der Waals surface area contributed by atoms with Gasteiger partial charge in [-0.15, -0.1) is 11.3 Å². The molecule has 0 bridgehead atoms. The number of hydrogen-bond acceptors (Lipinski definition) is 4. The zero-order valence-corrected chi connectivity index (χ0v) is 18.6. The van der Waals surface area contributed by atoms with Crippen molar-refractivity contribution in [3.8, 4) is 0 Å². The second kappa shape index (κ2) is 9.89. The monoisotopic (exact) mass is 413 g/mol. The minimum Gasteiger partial charge on any atom is -0.355 e. The van der Waals surface area contributed by atoms with Crippen LogP contribution < -0.4 is 10.6 Å². The van der Waals surface area contributed by atoms with Crippen LogP contribution in [-0.2, 0) is 19.5 Å². The zero-order chi connectivity index (χ0) is 20.8. The molecule has 156 valence electrons. The first-order valence-corrected chi connectivity index (χ1v) is 10.9. The van der Waals surface area contributed by atoms with Gasteiger partial charge in [0.05, 0.1) is 0 Å². The van der Waals surface area contributed by atoms with Crippen LogP contribution in [0.3, 0.4) is 0 Å². The summed E-state index contributed by atoms with van der Waals surface area (Å²) in [6.45, 7) is 5.91. The van der Waals surface area contributed by atoms with E-state index >= 15 is 0 Å². The summed E-state index contributed by atoms with van der Waals surface area (Å²) in [6, 6.07) is 10.4. The Morgan fingerprint density at radius 2 is 2.00 bits per heavy atom. The van der Waals surface area contributed by atoms with E-state index in [0.717, 1.165) is 37.6 Å². The third-order valence-electron chi connectivity index (χ3n) is 5.32. The van der Waals surface area contributed by atoms with Crippen LogP contribution in [0, 0.1) is 0 Å². The second-order valence-electron chi connectivity index (χ2n) is 7.64. The molecule has 7 heteroatoms. The number of carbonyl (C=O) groups is 1. The minimum absolute atomic E-state index is 0.0169. The molecule has 1 aromatic heterocycles. The minimum atomic E-state index is 0.0169. The van der Waals surface area contributed by atoms with Crippen molar-refractivity contribution < 1.29 is 4.79 Å². The number of nitrogens with zero attached hydrogens (tertiary/aromatic N) is 3. The number of aliphatic imine (C=N–C) groups is 1. The summed E-state index contributed by atoms with van der Waals surface area (Å²) in [5.41, 5.74) is 3.29. The van der Waals surface area contributed by atoms with Gasteiger partial charge < -0.3 is 15.5 Å². The molecule has 3 rings (SSSR count). The van der Waals surface area contributed by atoms with Gasteiger partial charge in [-0.05, 0) is 48.1 Å². The normalized spacial score (nSPS) is 15.5. The number of amides is 1. The largest absolute Gasteiger partial charge is 0.355 e. The maximum absolute atomic E-state index is 12.0. The first kappa shape index (κ1) is 21.3. The molecule has 1 aliphatic rings. The predicted molar refractivity (Wildman–Crippen MR) is 121 cm³/mol. The third kappa shape index (κ3) is 5.58. The van der Waals surface area contributed by atoms with E-state index < -0.39 is 0 Å². The summed E-state index contributed by atoms with van der Waals surface area (Å²) in [6.07, 6.45) is 1.15. The summed E-state index contributed by atoms with van der Waals surface area (Å²) in [5.74, 6) is 0.807. The molecular formula is C22H31N5OS. The Morgan fingerprint density at radius 1 is 1.24 bits per heavy atom. The highest BCUT2D eigenvalue weighted by atomic mass is 32.1. The fourth-order valence-corrected chi connectivity index (χ4v) is 4.34. The number of nitrogens with one attached hydrogen (secondary N) is 2. The van der Waals surface area contributed by atoms with E-state index in [1.807, 2.05) is 35.6 Å². The Labute approximate surface area is 177 Å². The maximum Gasteiger partial charge on any atom is 0.253 e. The lowest BCUT2D eigenvalue weighted by molar-refractivity contribution is 0.0827. The molecule has 0 aliphatic carbocycles. The van der Waals surface area contributed by atoms with Crippen LogP contribution in [0.5, 0.6) is 0 Å². The first-order chi connectivity index (χ1) is 14.0. The van der Waals surface area contributed by atoms with E-state index in [2.05, 4.69) is 38.9 Å². The van der Waals surface area contributed by atoms with Gasteiger partial charge in [-0.2, -0.15) is 0 Å². The van der Waals surface area contributed by atoms with E-state index in [1.54, 1.807) is 26.0 Å². The van der Waals surface area contributed by atoms with Gasteiger partial charge in [-0.3, -0.25) is 14.7 Å². The van der Waals surface area contributed by atoms with Crippen molar-refractivity contribution in [1.29, 1.82) is 0 Å². The van der Waals surface area contributed by atoms with Crippen molar-refractivity contribution in [3.63, 3.8) is 0 Å². The number of carbonyl (C=O) groups excluding carboxylic acids is 1. The molecule has 1 unspecified atom stereocenters. The number of benzene rings is 1. The molecule has 2 N–H and O–H groups in total. The molecule has 1 amide bonds. The standard InChI is InChI=1S/C22H31N5OS/c1-16(27-11-9-20-19(15-27)10-12-29-20)13-24-22(23-2)25-14-17-5-7-18(8-6-17)21(28)26(3)4/h5-8,10,12,16H,9,11,13-15H2,1-4H3,(H2,23,24,25). The van der Waals surface area contributed by atoms with Crippen molar-refractivity contribution in [2.45, 2.75) is 32.5 Å². The maximum atomic E-state index is 12.0. The molecule has 6 nitrogen and oxygen atoms in total. The molecule has 0 fully saturated rings. The summed E-state index contributed by atoms with van der Waals surface area (Å²) >= 11 is 1.88. The van der Waals surface area contributed by atoms with Gasteiger partial charge in [0.1, 0.15) is 0 Å². The highest BCUT2D eigenvalue weighted by Gasteiger charge is 2.21. The van der Waals surface area contributed by atoms with Crippen molar-refractivity contribution >= 4 is 23.2 Å². The smallest absolute Gasteiger partial charge is 0.253 e.